The molecule has 0 aliphatic carbocycles. The van der Waals surface area contributed by atoms with Crippen molar-refractivity contribution in [3.05, 3.63) is 47.5 Å². The summed E-state index contributed by atoms with van der Waals surface area (Å²) >= 11 is 0. The van der Waals surface area contributed by atoms with Gasteiger partial charge in [-0.05, 0) is 18.2 Å². The first kappa shape index (κ1) is 13.6. The fourth-order valence-corrected chi connectivity index (χ4v) is 1.69. The maximum atomic E-state index is 13.8. The Balaban J connectivity index is 2.37. The van der Waals surface area contributed by atoms with Crippen LogP contribution in [0.3, 0.4) is 0 Å². The van der Waals surface area contributed by atoms with Gasteiger partial charge in [-0.1, -0.05) is 0 Å². The highest BCUT2D eigenvalue weighted by Gasteiger charge is 2.10. The number of benzene rings is 2. The van der Waals surface area contributed by atoms with E-state index in [1.807, 2.05) is 0 Å². The first-order chi connectivity index (χ1) is 9.55. The maximum Gasteiger partial charge on any atom is 0.148 e. The number of anilines is 3. The SMILES string of the molecule is COc1cc(Nc2ccc(F)c(C#N)c2)c(F)cc1N. The highest BCUT2D eigenvalue weighted by atomic mass is 19.1. The molecule has 2 aromatic carbocycles. The Morgan fingerprint density at radius 1 is 1.20 bits per heavy atom. The molecule has 0 aliphatic heterocycles. The summed E-state index contributed by atoms with van der Waals surface area (Å²) in [5.41, 5.74) is 6.12. The van der Waals surface area contributed by atoms with E-state index in [4.69, 9.17) is 15.7 Å². The Morgan fingerprint density at radius 2 is 1.95 bits per heavy atom. The number of nitriles is 1. The molecular weight excluding hydrogens is 264 g/mol. The zero-order chi connectivity index (χ0) is 14.7. The zero-order valence-electron chi connectivity index (χ0n) is 10.6. The number of nitrogens with one attached hydrogen (secondary N) is 1. The van der Waals surface area contributed by atoms with Crippen LogP contribution in [0.15, 0.2) is 30.3 Å². The van der Waals surface area contributed by atoms with E-state index < -0.39 is 11.6 Å². The van der Waals surface area contributed by atoms with Crippen LogP contribution in [0.25, 0.3) is 0 Å². The number of methoxy groups -OCH3 is 1. The van der Waals surface area contributed by atoms with E-state index in [-0.39, 0.29) is 16.9 Å². The number of halogens is 2. The molecule has 2 rings (SSSR count). The summed E-state index contributed by atoms with van der Waals surface area (Å²) in [5, 5.41) is 11.5. The van der Waals surface area contributed by atoms with Gasteiger partial charge in [-0.2, -0.15) is 5.26 Å². The number of hydrogen-bond donors (Lipinski definition) is 2. The fourth-order valence-electron chi connectivity index (χ4n) is 1.69. The second-order valence-corrected chi connectivity index (χ2v) is 4.01. The largest absolute Gasteiger partial charge is 0.495 e. The Bertz CT molecular complexity index is 696. The van der Waals surface area contributed by atoms with Crippen LogP contribution in [-0.2, 0) is 0 Å². The minimum atomic E-state index is -0.631. The molecule has 0 amide bonds. The molecule has 6 heteroatoms. The predicted octanol–water partition coefficient (Wildman–Crippen LogP) is 3.17. The molecule has 20 heavy (non-hydrogen) atoms. The van der Waals surface area contributed by atoms with E-state index in [1.165, 1.54) is 25.3 Å². The van der Waals surface area contributed by atoms with E-state index in [1.54, 1.807) is 6.07 Å². The highest BCUT2D eigenvalue weighted by Crippen LogP contribution is 2.30. The van der Waals surface area contributed by atoms with Crippen molar-refractivity contribution in [2.24, 2.45) is 0 Å². The van der Waals surface area contributed by atoms with E-state index in [9.17, 15) is 8.78 Å². The number of nitrogen functional groups attached to an aromatic ring is 1. The van der Waals surface area contributed by atoms with Crippen LogP contribution < -0.4 is 15.8 Å². The molecule has 0 spiro atoms. The molecular formula is C14H11F2N3O. The monoisotopic (exact) mass is 275 g/mol. The molecule has 0 aromatic heterocycles. The summed E-state index contributed by atoms with van der Waals surface area (Å²) < 4.78 is 32.0. The summed E-state index contributed by atoms with van der Waals surface area (Å²) in [4.78, 5) is 0. The third-order valence-electron chi connectivity index (χ3n) is 2.69. The smallest absolute Gasteiger partial charge is 0.148 e. The van der Waals surface area contributed by atoms with Gasteiger partial charge in [-0.25, -0.2) is 8.78 Å². The van der Waals surface area contributed by atoms with Crippen LogP contribution in [0, 0.1) is 23.0 Å². The summed E-state index contributed by atoms with van der Waals surface area (Å²) in [6.07, 6.45) is 0. The van der Waals surface area contributed by atoms with E-state index in [0.717, 1.165) is 12.1 Å². The van der Waals surface area contributed by atoms with Gasteiger partial charge in [0.05, 0.1) is 24.0 Å². The summed E-state index contributed by atoms with van der Waals surface area (Å²) in [7, 11) is 1.42. The minimum Gasteiger partial charge on any atom is -0.495 e. The first-order valence-electron chi connectivity index (χ1n) is 5.65. The second kappa shape index (κ2) is 5.45. The van der Waals surface area contributed by atoms with E-state index >= 15 is 0 Å². The fraction of sp³-hybridized carbons (Fsp3) is 0.0714. The van der Waals surface area contributed by atoms with E-state index in [0.29, 0.717) is 11.4 Å². The van der Waals surface area contributed by atoms with Crippen molar-refractivity contribution in [3.63, 3.8) is 0 Å². The van der Waals surface area contributed by atoms with Crippen LogP contribution in [0.2, 0.25) is 0 Å². The van der Waals surface area contributed by atoms with Gasteiger partial charge in [0.25, 0.3) is 0 Å². The molecule has 3 N–H and O–H groups in total. The summed E-state index contributed by atoms with van der Waals surface area (Å²) in [6.45, 7) is 0. The van der Waals surface area contributed by atoms with Crippen LogP contribution in [-0.4, -0.2) is 7.11 Å². The van der Waals surface area contributed by atoms with Crippen LogP contribution in [0.4, 0.5) is 25.8 Å². The number of nitrogens with two attached hydrogens (primary N) is 1. The van der Waals surface area contributed by atoms with Gasteiger partial charge < -0.3 is 15.8 Å². The number of hydrogen-bond acceptors (Lipinski definition) is 4. The molecule has 0 saturated heterocycles. The average molecular weight is 275 g/mol. The topological polar surface area (TPSA) is 71.1 Å². The van der Waals surface area contributed by atoms with Gasteiger partial charge in [0.1, 0.15) is 23.5 Å². The number of nitrogens with zero attached hydrogens (tertiary/aromatic N) is 1. The van der Waals surface area contributed by atoms with Gasteiger partial charge in [0, 0.05) is 17.8 Å². The average Bonchev–Trinajstić information content (AvgIpc) is 2.43. The van der Waals surface area contributed by atoms with Crippen molar-refractivity contribution >= 4 is 17.1 Å². The Morgan fingerprint density at radius 3 is 2.60 bits per heavy atom. The molecule has 0 aliphatic rings. The molecule has 0 bridgehead atoms. The molecule has 0 saturated carbocycles. The molecule has 0 heterocycles. The molecule has 2 aromatic rings. The Hall–Kier alpha value is -2.81. The lowest BCUT2D eigenvalue weighted by Crippen LogP contribution is -1.99. The van der Waals surface area contributed by atoms with E-state index in [2.05, 4.69) is 5.32 Å². The van der Waals surface area contributed by atoms with Crippen molar-refractivity contribution in [3.8, 4) is 11.8 Å². The summed E-state index contributed by atoms with van der Waals surface area (Å²) in [5.74, 6) is -0.893. The number of ether oxygens (including phenoxy) is 1. The summed E-state index contributed by atoms with van der Waals surface area (Å²) in [6, 6.07) is 8.05. The van der Waals surface area contributed by atoms with Crippen LogP contribution in [0.1, 0.15) is 5.56 Å². The molecule has 0 unspecified atom stereocenters. The van der Waals surface area contributed by atoms with Crippen molar-refractivity contribution in [2.75, 3.05) is 18.2 Å². The second-order valence-electron chi connectivity index (χ2n) is 4.01. The lowest BCUT2D eigenvalue weighted by atomic mass is 10.2. The standard InChI is InChI=1S/C14H11F2N3O/c1-20-14-6-13(11(16)5-12(14)18)19-9-2-3-10(15)8(4-9)7-17/h2-6,19H,18H2,1H3. The Labute approximate surface area is 114 Å². The van der Waals surface area contributed by atoms with Crippen molar-refractivity contribution in [1.29, 1.82) is 5.26 Å². The third kappa shape index (κ3) is 2.62. The van der Waals surface area contributed by atoms with Crippen molar-refractivity contribution in [1.82, 2.24) is 0 Å². The van der Waals surface area contributed by atoms with Gasteiger partial charge in [0.15, 0.2) is 0 Å². The Kier molecular flexibility index (Phi) is 3.71. The molecule has 102 valence electrons. The zero-order valence-corrected chi connectivity index (χ0v) is 10.6. The lowest BCUT2D eigenvalue weighted by Gasteiger charge is -2.11. The quantitative estimate of drug-likeness (QED) is 0.844. The maximum absolute atomic E-state index is 13.8. The third-order valence-corrected chi connectivity index (χ3v) is 2.69. The molecule has 4 nitrogen and oxygen atoms in total. The molecule has 0 fully saturated rings. The normalized spacial score (nSPS) is 9.90. The van der Waals surface area contributed by atoms with Gasteiger partial charge >= 0.3 is 0 Å². The van der Waals surface area contributed by atoms with Gasteiger partial charge in [-0.15, -0.1) is 0 Å². The highest BCUT2D eigenvalue weighted by molar-refractivity contribution is 5.68. The van der Waals surface area contributed by atoms with Gasteiger partial charge in [-0.3, -0.25) is 0 Å². The van der Waals surface area contributed by atoms with Crippen LogP contribution in [0.5, 0.6) is 5.75 Å². The number of rotatable bonds is 3. The van der Waals surface area contributed by atoms with Crippen molar-refractivity contribution < 1.29 is 13.5 Å². The lowest BCUT2D eigenvalue weighted by molar-refractivity contribution is 0.416. The molecule has 0 radical (unpaired) electrons. The van der Waals surface area contributed by atoms with Crippen LogP contribution >= 0.6 is 0 Å². The van der Waals surface area contributed by atoms with Gasteiger partial charge in [0.2, 0.25) is 0 Å². The molecule has 0 atom stereocenters. The predicted molar refractivity (Wildman–Crippen MR) is 71.8 cm³/mol. The van der Waals surface area contributed by atoms with Crippen molar-refractivity contribution in [2.45, 2.75) is 0 Å². The minimum absolute atomic E-state index is 0.117. The first-order valence-corrected chi connectivity index (χ1v) is 5.65.